The van der Waals surface area contributed by atoms with Gasteiger partial charge in [-0.05, 0) is 48.4 Å². The zero-order chi connectivity index (χ0) is 26.9. The average molecular weight is 542 g/mol. The van der Waals surface area contributed by atoms with Gasteiger partial charge in [0.15, 0.2) is 11.5 Å². The Morgan fingerprint density at radius 2 is 1.74 bits per heavy atom. The van der Waals surface area contributed by atoms with E-state index in [4.69, 9.17) is 14.2 Å². The number of ketones is 1. The number of carbonyl (C=O) groups is 2. The summed E-state index contributed by atoms with van der Waals surface area (Å²) in [5.74, 6) is -0.299. The molecule has 9 nitrogen and oxygen atoms in total. The molecule has 196 valence electrons. The Hall–Kier alpha value is -4.70. The van der Waals surface area contributed by atoms with Crippen molar-refractivity contribution in [3.63, 3.8) is 0 Å². The molecular formula is C29H23N3O6S. The Morgan fingerprint density at radius 3 is 2.46 bits per heavy atom. The normalized spacial score (nSPS) is 17.9. The number of hydrogen-bond donors (Lipinski definition) is 1. The summed E-state index contributed by atoms with van der Waals surface area (Å²) in [5.41, 5.74) is 1.91. The van der Waals surface area contributed by atoms with Crippen LogP contribution < -0.4 is 19.1 Å². The van der Waals surface area contributed by atoms with Crippen molar-refractivity contribution in [1.29, 1.82) is 0 Å². The Balaban J connectivity index is 1.39. The van der Waals surface area contributed by atoms with Crippen molar-refractivity contribution in [2.45, 2.75) is 19.6 Å². The van der Waals surface area contributed by atoms with Gasteiger partial charge in [0, 0.05) is 5.56 Å². The van der Waals surface area contributed by atoms with Gasteiger partial charge in [0.1, 0.15) is 36.3 Å². The number of fused-ring (bicyclic) bond motifs is 1. The predicted octanol–water partition coefficient (Wildman–Crippen LogP) is 4.82. The molecule has 1 saturated heterocycles. The highest BCUT2D eigenvalue weighted by Gasteiger charge is 2.48. The Bertz CT molecular complexity index is 1580. The van der Waals surface area contributed by atoms with Crippen LogP contribution in [0.5, 0.6) is 17.2 Å². The zero-order valence-corrected chi connectivity index (χ0v) is 21.7. The number of ether oxygens (including phenoxy) is 3. The van der Waals surface area contributed by atoms with Crippen LogP contribution in [0.25, 0.3) is 5.76 Å². The van der Waals surface area contributed by atoms with E-state index in [0.29, 0.717) is 53.2 Å². The number of aliphatic hydroxyl groups excluding tert-OH is 1. The van der Waals surface area contributed by atoms with Crippen molar-refractivity contribution in [2.75, 3.05) is 18.1 Å². The van der Waals surface area contributed by atoms with E-state index < -0.39 is 17.7 Å². The summed E-state index contributed by atoms with van der Waals surface area (Å²) in [4.78, 5) is 28.0. The summed E-state index contributed by atoms with van der Waals surface area (Å²) < 4.78 is 17.1. The maximum absolute atomic E-state index is 13.4. The molecule has 0 unspecified atom stereocenters. The molecule has 0 bridgehead atoms. The highest BCUT2D eigenvalue weighted by Crippen LogP contribution is 2.44. The van der Waals surface area contributed by atoms with E-state index in [1.54, 1.807) is 49.4 Å². The molecule has 2 aliphatic rings. The van der Waals surface area contributed by atoms with E-state index in [0.717, 1.165) is 5.56 Å². The molecule has 6 rings (SSSR count). The zero-order valence-electron chi connectivity index (χ0n) is 20.9. The van der Waals surface area contributed by atoms with E-state index in [1.165, 1.54) is 16.2 Å². The lowest BCUT2D eigenvalue weighted by molar-refractivity contribution is -0.132. The van der Waals surface area contributed by atoms with Gasteiger partial charge in [-0.2, -0.15) is 0 Å². The fraction of sp³-hybridized carbons (Fsp3) is 0.172. The van der Waals surface area contributed by atoms with Gasteiger partial charge in [0.2, 0.25) is 5.13 Å². The summed E-state index contributed by atoms with van der Waals surface area (Å²) in [6.07, 6.45) is 0. The van der Waals surface area contributed by atoms with Gasteiger partial charge in [-0.25, -0.2) is 0 Å². The Labute approximate surface area is 227 Å². The molecule has 39 heavy (non-hydrogen) atoms. The fourth-order valence-corrected chi connectivity index (χ4v) is 5.28. The van der Waals surface area contributed by atoms with E-state index in [2.05, 4.69) is 10.2 Å². The number of anilines is 1. The second-order valence-corrected chi connectivity index (χ2v) is 10.1. The second-order valence-electron chi connectivity index (χ2n) is 8.97. The molecule has 0 radical (unpaired) electrons. The van der Waals surface area contributed by atoms with Crippen LogP contribution in [0.15, 0.2) is 78.4 Å². The number of rotatable bonds is 6. The largest absolute Gasteiger partial charge is 0.507 e. The van der Waals surface area contributed by atoms with Gasteiger partial charge in [-0.1, -0.05) is 53.8 Å². The van der Waals surface area contributed by atoms with Crippen LogP contribution in [0.2, 0.25) is 0 Å². The van der Waals surface area contributed by atoms with Crippen LogP contribution in [0, 0.1) is 6.92 Å². The highest BCUT2D eigenvalue weighted by atomic mass is 32.1. The highest BCUT2D eigenvalue weighted by molar-refractivity contribution is 7.15. The van der Waals surface area contributed by atoms with Crippen molar-refractivity contribution < 1.29 is 28.9 Å². The molecule has 0 spiro atoms. The minimum absolute atomic E-state index is 0.0533. The van der Waals surface area contributed by atoms with Crippen molar-refractivity contribution in [1.82, 2.24) is 10.2 Å². The van der Waals surface area contributed by atoms with Crippen molar-refractivity contribution >= 4 is 33.9 Å². The third-order valence-electron chi connectivity index (χ3n) is 6.43. The summed E-state index contributed by atoms with van der Waals surface area (Å²) in [7, 11) is 0. The third kappa shape index (κ3) is 4.70. The number of nitrogens with zero attached hydrogens (tertiary/aromatic N) is 3. The van der Waals surface area contributed by atoms with E-state index >= 15 is 0 Å². The number of amides is 1. The van der Waals surface area contributed by atoms with E-state index in [9.17, 15) is 14.7 Å². The lowest BCUT2D eigenvalue weighted by atomic mass is 9.95. The first-order valence-corrected chi connectivity index (χ1v) is 13.1. The molecule has 3 aromatic carbocycles. The molecule has 2 aliphatic heterocycles. The van der Waals surface area contributed by atoms with Crippen LogP contribution in [0.4, 0.5) is 5.13 Å². The van der Waals surface area contributed by atoms with Gasteiger partial charge in [-0.3, -0.25) is 14.5 Å². The number of aliphatic hydroxyl groups is 1. The minimum atomic E-state index is -0.922. The third-order valence-corrected chi connectivity index (χ3v) is 7.26. The molecule has 3 heterocycles. The Morgan fingerprint density at radius 1 is 1.00 bits per heavy atom. The second kappa shape index (κ2) is 10.2. The summed E-state index contributed by atoms with van der Waals surface area (Å²) in [6, 6.07) is 20.9. The number of aromatic nitrogens is 2. The first-order chi connectivity index (χ1) is 19.0. The van der Waals surface area contributed by atoms with Crippen molar-refractivity contribution in [2.24, 2.45) is 0 Å². The predicted molar refractivity (Wildman–Crippen MR) is 144 cm³/mol. The Kier molecular flexibility index (Phi) is 6.45. The number of carbonyl (C=O) groups excluding carboxylic acids is 2. The molecule has 1 aromatic heterocycles. The maximum Gasteiger partial charge on any atom is 0.301 e. The fourth-order valence-electron chi connectivity index (χ4n) is 4.56. The topological polar surface area (TPSA) is 111 Å². The van der Waals surface area contributed by atoms with Gasteiger partial charge in [0.25, 0.3) is 5.78 Å². The molecule has 0 aliphatic carbocycles. The summed E-state index contributed by atoms with van der Waals surface area (Å²) in [5, 5.41) is 20.5. The van der Waals surface area contributed by atoms with Gasteiger partial charge >= 0.3 is 5.91 Å². The monoisotopic (exact) mass is 541 g/mol. The lowest BCUT2D eigenvalue weighted by Gasteiger charge is -2.23. The van der Waals surface area contributed by atoms with Crippen LogP contribution in [0.3, 0.4) is 0 Å². The molecule has 1 amide bonds. The standard InChI is InChI=1S/C29H23N3O6S/c1-17-30-31-29(39-17)32-25(19-7-10-21(11-8-19)38-16-18-5-3-2-4-6-18)24(27(34)28(32)35)26(33)20-9-12-22-23(15-20)37-14-13-36-22/h2-12,15,25,33H,13-14,16H2,1H3/b26-24+/t25-/m1/s1. The lowest BCUT2D eigenvalue weighted by Crippen LogP contribution is -2.29. The summed E-state index contributed by atoms with van der Waals surface area (Å²) >= 11 is 1.19. The van der Waals surface area contributed by atoms with Crippen LogP contribution in [0.1, 0.15) is 27.7 Å². The van der Waals surface area contributed by atoms with Crippen LogP contribution >= 0.6 is 11.3 Å². The number of benzene rings is 3. The molecule has 1 atom stereocenters. The first-order valence-electron chi connectivity index (χ1n) is 12.3. The smallest absolute Gasteiger partial charge is 0.301 e. The van der Waals surface area contributed by atoms with Gasteiger partial charge in [0.05, 0.1) is 11.6 Å². The van der Waals surface area contributed by atoms with Crippen LogP contribution in [-0.4, -0.2) is 40.2 Å². The number of Topliss-reactive ketones (excluding diaryl/α,β-unsaturated/α-hetero) is 1. The quantitative estimate of drug-likeness (QED) is 0.210. The summed E-state index contributed by atoms with van der Waals surface area (Å²) in [6.45, 7) is 2.96. The molecular weight excluding hydrogens is 518 g/mol. The minimum Gasteiger partial charge on any atom is -0.507 e. The average Bonchev–Trinajstić information content (AvgIpc) is 3.51. The molecule has 10 heteroatoms. The van der Waals surface area contributed by atoms with Gasteiger partial charge in [-0.15, -0.1) is 10.2 Å². The molecule has 4 aromatic rings. The number of aryl methyl sites for hydroxylation is 1. The van der Waals surface area contributed by atoms with E-state index in [-0.39, 0.29) is 16.5 Å². The molecule has 1 fully saturated rings. The van der Waals surface area contributed by atoms with E-state index in [1.807, 2.05) is 30.3 Å². The molecule has 1 N–H and O–H groups in total. The SMILES string of the molecule is Cc1nnc(N2C(=O)C(=O)/C(=C(/O)c3ccc4c(c3)OCCO4)[C@H]2c2ccc(OCc3ccccc3)cc2)s1. The maximum atomic E-state index is 13.4. The van der Waals surface area contributed by atoms with Crippen LogP contribution in [-0.2, 0) is 16.2 Å². The van der Waals surface area contributed by atoms with Crippen molar-refractivity contribution in [3.05, 3.63) is 100 Å². The molecule has 0 saturated carbocycles. The first kappa shape index (κ1) is 24.6. The van der Waals surface area contributed by atoms with Gasteiger partial charge < -0.3 is 19.3 Å². The van der Waals surface area contributed by atoms with Crippen molar-refractivity contribution in [3.8, 4) is 17.2 Å². The number of hydrogen-bond acceptors (Lipinski definition) is 9.